The van der Waals surface area contributed by atoms with E-state index in [0.29, 0.717) is 29.2 Å². The van der Waals surface area contributed by atoms with E-state index in [-0.39, 0.29) is 0 Å². The van der Waals surface area contributed by atoms with Gasteiger partial charge < -0.3 is 25.8 Å². The van der Waals surface area contributed by atoms with E-state index in [1.165, 1.54) is 37.8 Å². The Morgan fingerprint density at radius 1 is 1.18 bits per heavy atom. The summed E-state index contributed by atoms with van der Waals surface area (Å²) in [4.78, 5) is 28.8. The van der Waals surface area contributed by atoms with Crippen LogP contribution in [0.25, 0.3) is 0 Å². The molecule has 1 aliphatic carbocycles. The normalized spacial score (nSPS) is 23.1. The lowest BCUT2D eigenvalue weighted by Gasteiger charge is -2.44. The van der Waals surface area contributed by atoms with Gasteiger partial charge in [0, 0.05) is 42.5 Å². The zero-order valence-electron chi connectivity index (χ0n) is 15.8. The van der Waals surface area contributed by atoms with Crippen molar-refractivity contribution in [2.45, 2.75) is 56.9 Å². The van der Waals surface area contributed by atoms with Crippen LogP contribution in [0.15, 0.2) is 24.7 Å². The van der Waals surface area contributed by atoms with Crippen LogP contribution in [0.5, 0.6) is 0 Å². The molecular weight excluding hydrogens is 380 g/mol. The number of aromatic nitrogens is 2. The minimum atomic E-state index is -1.26. The van der Waals surface area contributed by atoms with E-state index in [1.807, 2.05) is 6.20 Å². The minimum Gasteiger partial charge on any atom is -0.478 e. The number of carbonyl (C=O) groups is 2. The summed E-state index contributed by atoms with van der Waals surface area (Å²) in [6.45, 7) is 0.986. The maximum absolute atomic E-state index is 9.55. The van der Waals surface area contributed by atoms with Crippen molar-refractivity contribution in [3.8, 4) is 0 Å². The highest BCUT2D eigenvalue weighted by Crippen LogP contribution is 2.38. The van der Waals surface area contributed by atoms with Crippen molar-refractivity contribution in [3.63, 3.8) is 0 Å². The Bertz CT molecular complexity index is 670. The molecule has 154 valence electrons. The molecule has 1 aromatic heterocycles. The number of aliphatic carboxylic acids is 2. The van der Waals surface area contributed by atoms with Crippen LogP contribution < -0.4 is 5.73 Å². The van der Waals surface area contributed by atoms with Crippen LogP contribution in [0, 0.1) is 5.92 Å². The van der Waals surface area contributed by atoms with Gasteiger partial charge in [-0.1, -0.05) is 19.3 Å². The molecule has 28 heavy (non-hydrogen) atoms. The van der Waals surface area contributed by atoms with E-state index in [0.717, 1.165) is 25.3 Å². The summed E-state index contributed by atoms with van der Waals surface area (Å²) < 4.78 is 0. The van der Waals surface area contributed by atoms with Crippen LogP contribution in [0.4, 0.5) is 0 Å². The Hall–Kier alpha value is -2.42. The molecular formula is C19H28N4O4S. The van der Waals surface area contributed by atoms with Crippen LogP contribution >= 0.6 is 12.2 Å². The van der Waals surface area contributed by atoms with E-state index in [9.17, 15) is 9.59 Å². The maximum Gasteiger partial charge on any atom is 0.328 e. The van der Waals surface area contributed by atoms with Crippen molar-refractivity contribution >= 4 is 29.3 Å². The fourth-order valence-corrected chi connectivity index (χ4v) is 4.38. The first kappa shape index (κ1) is 21.9. The van der Waals surface area contributed by atoms with Crippen LogP contribution in [0.1, 0.15) is 56.6 Å². The molecule has 2 aliphatic rings. The lowest BCUT2D eigenvalue weighted by atomic mass is 9.76. The molecule has 1 saturated carbocycles. The molecule has 8 nitrogen and oxygen atoms in total. The van der Waals surface area contributed by atoms with Crippen molar-refractivity contribution in [2.75, 3.05) is 6.54 Å². The van der Waals surface area contributed by atoms with Gasteiger partial charge in [0.25, 0.3) is 0 Å². The average Bonchev–Trinajstić information content (AvgIpc) is 3.22. The molecule has 3 rings (SSSR count). The number of hydrogen-bond acceptors (Lipinski definition) is 4. The van der Waals surface area contributed by atoms with Crippen LogP contribution in [-0.4, -0.2) is 54.7 Å². The number of aromatic amines is 1. The molecule has 0 radical (unpaired) electrons. The van der Waals surface area contributed by atoms with Gasteiger partial charge in [-0.05, 0) is 43.8 Å². The summed E-state index contributed by atoms with van der Waals surface area (Å²) in [5.41, 5.74) is 7.24. The molecule has 2 atom stereocenters. The summed E-state index contributed by atoms with van der Waals surface area (Å²) in [6.07, 6.45) is 13.9. The Labute approximate surface area is 169 Å². The van der Waals surface area contributed by atoms with Gasteiger partial charge in [0.15, 0.2) is 5.11 Å². The highest BCUT2D eigenvalue weighted by atomic mass is 32.1. The van der Waals surface area contributed by atoms with Crippen LogP contribution in [0.2, 0.25) is 0 Å². The number of rotatable bonds is 4. The third kappa shape index (κ3) is 6.63. The first-order valence-corrected chi connectivity index (χ1v) is 9.97. The number of thiocarbonyl (C=S) groups is 1. The monoisotopic (exact) mass is 408 g/mol. The average molecular weight is 409 g/mol. The number of nitrogens with two attached hydrogens (primary N) is 1. The van der Waals surface area contributed by atoms with Crippen molar-refractivity contribution in [3.05, 3.63) is 30.4 Å². The lowest BCUT2D eigenvalue weighted by Crippen LogP contribution is -2.51. The highest BCUT2D eigenvalue weighted by Gasteiger charge is 2.36. The smallest absolute Gasteiger partial charge is 0.328 e. The fourth-order valence-electron chi connectivity index (χ4n) is 4.15. The van der Waals surface area contributed by atoms with Gasteiger partial charge in [0.1, 0.15) is 0 Å². The van der Waals surface area contributed by atoms with Crippen LogP contribution in [-0.2, 0) is 9.59 Å². The Kier molecular flexibility index (Phi) is 8.43. The van der Waals surface area contributed by atoms with Crippen molar-refractivity contribution in [1.29, 1.82) is 0 Å². The quantitative estimate of drug-likeness (QED) is 0.441. The van der Waals surface area contributed by atoms with Crippen molar-refractivity contribution in [2.24, 2.45) is 11.7 Å². The molecule has 1 aliphatic heterocycles. The summed E-state index contributed by atoms with van der Waals surface area (Å²) in [5.74, 6) is -1.18. The molecule has 9 heteroatoms. The third-order valence-electron chi connectivity index (χ3n) is 5.45. The number of carboxylic acids is 2. The van der Waals surface area contributed by atoms with Crippen molar-refractivity contribution < 1.29 is 19.8 Å². The zero-order chi connectivity index (χ0) is 20.5. The lowest BCUT2D eigenvalue weighted by molar-refractivity contribution is -0.134. The van der Waals surface area contributed by atoms with Gasteiger partial charge in [-0.3, -0.25) is 0 Å². The number of likely N-dealkylation sites (tertiary alicyclic amines) is 1. The number of hydrogen-bond donors (Lipinski definition) is 4. The van der Waals surface area contributed by atoms with Gasteiger partial charge in [0.05, 0.1) is 6.33 Å². The van der Waals surface area contributed by atoms with E-state index in [2.05, 4.69) is 14.9 Å². The van der Waals surface area contributed by atoms with E-state index in [4.69, 9.17) is 28.2 Å². The Balaban J connectivity index is 0.000000300. The molecule has 0 amide bonds. The number of carboxylic acid groups (broad SMARTS) is 2. The van der Waals surface area contributed by atoms with Gasteiger partial charge in [-0.2, -0.15) is 0 Å². The van der Waals surface area contributed by atoms with Crippen LogP contribution in [0.3, 0.4) is 0 Å². The molecule has 0 bridgehead atoms. The Morgan fingerprint density at radius 3 is 2.32 bits per heavy atom. The molecule has 2 fully saturated rings. The standard InChI is InChI=1S/C15H24N4S.C4H4O4/c16-15(20)19-7-6-12(13-9-17-10-18-13)8-14(19)11-4-2-1-3-5-11;5-3(6)1-2-4(7)8/h9-12,14H,1-8H2,(H2,16,20)(H,17,18);1-2H,(H,5,6)(H,7,8). The molecule has 0 spiro atoms. The third-order valence-corrected chi connectivity index (χ3v) is 5.68. The van der Waals surface area contributed by atoms with Gasteiger partial charge in [-0.25, -0.2) is 14.6 Å². The minimum absolute atomic E-state index is 0.523. The summed E-state index contributed by atoms with van der Waals surface area (Å²) in [6, 6.07) is 0.523. The topological polar surface area (TPSA) is 133 Å². The summed E-state index contributed by atoms with van der Waals surface area (Å²) in [7, 11) is 0. The fraction of sp³-hybridized carbons (Fsp3) is 0.579. The summed E-state index contributed by atoms with van der Waals surface area (Å²) >= 11 is 5.28. The van der Waals surface area contributed by atoms with E-state index < -0.39 is 11.9 Å². The molecule has 2 unspecified atom stereocenters. The van der Waals surface area contributed by atoms with Gasteiger partial charge in [0.2, 0.25) is 0 Å². The predicted molar refractivity (Wildman–Crippen MR) is 109 cm³/mol. The number of imidazole rings is 1. The number of piperidine rings is 1. The first-order chi connectivity index (χ1) is 13.4. The molecule has 1 aromatic rings. The highest BCUT2D eigenvalue weighted by molar-refractivity contribution is 7.80. The SMILES string of the molecule is NC(=S)N1CCC(c2cnc[nH]2)CC1C1CCCCC1.O=C(O)C=CC(=O)O. The second kappa shape index (κ2) is 10.8. The number of H-pyrrole nitrogens is 1. The molecule has 2 heterocycles. The summed E-state index contributed by atoms with van der Waals surface area (Å²) in [5, 5.41) is 16.2. The first-order valence-electron chi connectivity index (χ1n) is 9.56. The van der Waals surface area contributed by atoms with E-state index >= 15 is 0 Å². The maximum atomic E-state index is 9.55. The van der Waals surface area contributed by atoms with Gasteiger partial charge >= 0.3 is 11.9 Å². The predicted octanol–water partition coefficient (Wildman–Crippen LogP) is 2.49. The Morgan fingerprint density at radius 2 is 1.82 bits per heavy atom. The zero-order valence-corrected chi connectivity index (χ0v) is 16.6. The number of nitrogens with zero attached hydrogens (tertiary/aromatic N) is 2. The second-order valence-corrected chi connectivity index (χ2v) is 7.65. The number of nitrogens with one attached hydrogen (secondary N) is 1. The molecule has 1 saturated heterocycles. The van der Waals surface area contributed by atoms with Gasteiger partial charge in [-0.15, -0.1) is 0 Å². The van der Waals surface area contributed by atoms with Crippen molar-refractivity contribution in [1.82, 2.24) is 14.9 Å². The second-order valence-electron chi connectivity index (χ2n) is 7.24. The largest absolute Gasteiger partial charge is 0.478 e. The molecule has 5 N–H and O–H groups in total. The van der Waals surface area contributed by atoms with E-state index in [1.54, 1.807) is 6.33 Å². The molecule has 0 aromatic carbocycles.